The fraction of sp³-hybridized carbons (Fsp3) is 0.471. The van der Waals surface area contributed by atoms with Crippen LogP contribution in [0.5, 0.6) is 0 Å². The zero-order chi connectivity index (χ0) is 18.1. The van der Waals surface area contributed by atoms with Gasteiger partial charge in [-0.1, -0.05) is 31.5 Å². The largest absolute Gasteiger partial charge is 0.467 e. The molecule has 132 valence electrons. The number of carbonyl (C=O) groups excluding carboxylic acids is 3. The van der Waals surface area contributed by atoms with E-state index in [4.69, 9.17) is 0 Å². The van der Waals surface area contributed by atoms with Crippen molar-refractivity contribution in [2.75, 3.05) is 23.9 Å². The first kappa shape index (κ1) is 20.0. The molecular formula is C17H24N2O4S. The van der Waals surface area contributed by atoms with E-state index in [9.17, 15) is 14.4 Å². The van der Waals surface area contributed by atoms with E-state index < -0.39 is 12.0 Å². The highest BCUT2D eigenvalue weighted by atomic mass is 32.2. The van der Waals surface area contributed by atoms with E-state index in [0.717, 1.165) is 11.3 Å². The van der Waals surface area contributed by atoms with Crippen molar-refractivity contribution in [2.24, 2.45) is 5.92 Å². The second-order valence-electron chi connectivity index (χ2n) is 5.72. The highest BCUT2D eigenvalue weighted by molar-refractivity contribution is 8.00. The number of ether oxygens (including phenoxy) is 1. The lowest BCUT2D eigenvalue weighted by atomic mass is 10.1. The average molecular weight is 352 g/mol. The molecule has 0 unspecified atom stereocenters. The molecule has 7 heteroatoms. The Bertz CT molecular complexity index is 572. The Morgan fingerprint density at radius 1 is 1.08 bits per heavy atom. The van der Waals surface area contributed by atoms with Crippen LogP contribution in [0.3, 0.4) is 0 Å². The molecule has 1 aromatic carbocycles. The minimum absolute atomic E-state index is 0.0729. The van der Waals surface area contributed by atoms with Gasteiger partial charge in [0.15, 0.2) is 0 Å². The molecule has 2 N–H and O–H groups in total. The van der Waals surface area contributed by atoms with Gasteiger partial charge in [0.25, 0.3) is 0 Å². The average Bonchev–Trinajstić information content (AvgIpc) is 2.53. The summed E-state index contributed by atoms with van der Waals surface area (Å²) in [7, 11) is 1.29. The van der Waals surface area contributed by atoms with Crippen LogP contribution in [-0.4, -0.2) is 42.4 Å². The van der Waals surface area contributed by atoms with Crippen LogP contribution in [0.4, 0.5) is 5.69 Å². The lowest BCUT2D eigenvalue weighted by Gasteiger charge is -2.19. The van der Waals surface area contributed by atoms with Gasteiger partial charge in [-0.2, -0.15) is 0 Å². The molecule has 0 saturated carbocycles. The highest BCUT2D eigenvalue weighted by Gasteiger charge is 2.24. The second-order valence-corrected chi connectivity index (χ2v) is 6.70. The van der Waals surface area contributed by atoms with Crippen molar-refractivity contribution in [3.63, 3.8) is 0 Å². The molecule has 24 heavy (non-hydrogen) atoms. The smallest absolute Gasteiger partial charge is 0.328 e. The number of esters is 1. The van der Waals surface area contributed by atoms with Gasteiger partial charge in [-0.15, -0.1) is 11.8 Å². The van der Waals surface area contributed by atoms with E-state index >= 15 is 0 Å². The molecule has 0 aliphatic carbocycles. The fourth-order valence-electron chi connectivity index (χ4n) is 1.91. The van der Waals surface area contributed by atoms with Gasteiger partial charge < -0.3 is 15.4 Å². The van der Waals surface area contributed by atoms with Gasteiger partial charge in [-0.05, 0) is 25.0 Å². The first-order chi connectivity index (χ1) is 11.3. The normalized spacial score (nSPS) is 11.7. The first-order valence-corrected chi connectivity index (χ1v) is 8.80. The van der Waals surface area contributed by atoms with E-state index in [1.165, 1.54) is 18.9 Å². The number of thioether (sulfide) groups is 1. The third kappa shape index (κ3) is 7.04. The van der Waals surface area contributed by atoms with Crippen LogP contribution in [0.2, 0.25) is 0 Å². The lowest BCUT2D eigenvalue weighted by molar-refractivity contribution is -0.146. The molecule has 0 aliphatic heterocycles. The summed E-state index contributed by atoms with van der Waals surface area (Å²) in [5.74, 6) is -0.762. The molecule has 0 fully saturated rings. The third-order valence-electron chi connectivity index (χ3n) is 3.24. The Hall–Kier alpha value is -2.02. The van der Waals surface area contributed by atoms with E-state index in [-0.39, 0.29) is 29.2 Å². The van der Waals surface area contributed by atoms with Crippen LogP contribution in [-0.2, 0) is 19.1 Å². The van der Waals surface area contributed by atoms with E-state index in [0.29, 0.717) is 0 Å². The second kappa shape index (κ2) is 9.97. The number of carbonyl (C=O) groups is 3. The molecular weight excluding hydrogens is 328 g/mol. The monoisotopic (exact) mass is 352 g/mol. The van der Waals surface area contributed by atoms with E-state index in [2.05, 4.69) is 15.4 Å². The summed E-state index contributed by atoms with van der Waals surface area (Å²) < 4.78 is 4.67. The maximum absolute atomic E-state index is 11.9. The number of anilines is 1. The Labute approximate surface area is 146 Å². The summed E-state index contributed by atoms with van der Waals surface area (Å²) in [5, 5.41) is 5.39. The van der Waals surface area contributed by atoms with Crippen LogP contribution >= 0.6 is 11.8 Å². The summed E-state index contributed by atoms with van der Waals surface area (Å²) in [4.78, 5) is 35.3. The molecule has 0 radical (unpaired) electrons. The molecule has 2 amide bonds. The fourth-order valence-corrected chi connectivity index (χ4v) is 2.54. The topological polar surface area (TPSA) is 84.5 Å². The highest BCUT2D eigenvalue weighted by Crippen LogP contribution is 2.10. The van der Waals surface area contributed by atoms with Gasteiger partial charge in [-0.25, -0.2) is 4.79 Å². The van der Waals surface area contributed by atoms with Crippen molar-refractivity contribution in [3.8, 4) is 0 Å². The lowest BCUT2D eigenvalue weighted by Crippen LogP contribution is -2.45. The van der Waals surface area contributed by atoms with Gasteiger partial charge in [-0.3, -0.25) is 9.59 Å². The minimum Gasteiger partial charge on any atom is -0.467 e. The molecule has 0 aromatic heterocycles. The van der Waals surface area contributed by atoms with Gasteiger partial charge in [0.2, 0.25) is 11.8 Å². The van der Waals surface area contributed by atoms with Crippen LogP contribution in [0.25, 0.3) is 0 Å². The molecule has 6 nitrogen and oxygen atoms in total. The summed E-state index contributed by atoms with van der Waals surface area (Å²) in [5.41, 5.74) is 1.84. The molecule has 0 heterocycles. The Balaban J connectivity index is 2.35. The number of hydrogen-bond acceptors (Lipinski definition) is 5. The number of amides is 2. The number of nitrogens with one attached hydrogen (secondary N) is 2. The van der Waals surface area contributed by atoms with Gasteiger partial charge in [0.05, 0.1) is 18.6 Å². The van der Waals surface area contributed by atoms with E-state index in [1.807, 2.05) is 45.0 Å². The maximum atomic E-state index is 11.9. The van der Waals surface area contributed by atoms with Crippen molar-refractivity contribution in [1.29, 1.82) is 0 Å². The summed E-state index contributed by atoms with van der Waals surface area (Å²) >= 11 is 1.19. The molecule has 0 spiro atoms. The SMILES string of the molecule is COC(=O)[C@@H](NC(=O)CSCC(=O)Nc1ccc(C)cc1)C(C)C. The number of aryl methyl sites for hydroxylation is 1. The maximum Gasteiger partial charge on any atom is 0.328 e. The zero-order valence-electron chi connectivity index (χ0n) is 14.4. The standard InChI is InChI=1S/C17H24N2O4S/c1-11(2)16(17(22)23-4)19-15(21)10-24-9-14(20)18-13-7-5-12(3)6-8-13/h5-8,11,16H,9-10H2,1-4H3,(H,18,20)(H,19,21)/t16-/m0/s1. The van der Waals surface area contributed by atoms with Gasteiger partial charge in [0.1, 0.15) is 6.04 Å². The number of benzene rings is 1. The molecule has 0 saturated heterocycles. The predicted molar refractivity (Wildman–Crippen MR) is 95.9 cm³/mol. The predicted octanol–water partition coefficient (Wildman–Crippen LogP) is 1.98. The Kier molecular flexibility index (Phi) is 8.32. The molecule has 0 aliphatic rings. The Morgan fingerprint density at radius 3 is 2.21 bits per heavy atom. The number of hydrogen-bond donors (Lipinski definition) is 2. The van der Waals surface area contributed by atoms with Crippen molar-refractivity contribution in [3.05, 3.63) is 29.8 Å². The Morgan fingerprint density at radius 2 is 1.67 bits per heavy atom. The van der Waals surface area contributed by atoms with Crippen LogP contribution in [0, 0.1) is 12.8 Å². The van der Waals surface area contributed by atoms with Crippen molar-refractivity contribution in [2.45, 2.75) is 26.8 Å². The number of methoxy groups -OCH3 is 1. The van der Waals surface area contributed by atoms with Gasteiger partial charge >= 0.3 is 5.97 Å². The number of rotatable bonds is 8. The van der Waals surface area contributed by atoms with Crippen LogP contribution in [0.15, 0.2) is 24.3 Å². The molecule has 1 aromatic rings. The van der Waals surface area contributed by atoms with Crippen LogP contribution < -0.4 is 10.6 Å². The third-order valence-corrected chi connectivity index (χ3v) is 4.17. The van der Waals surface area contributed by atoms with Crippen LogP contribution in [0.1, 0.15) is 19.4 Å². The van der Waals surface area contributed by atoms with Crippen molar-refractivity contribution in [1.82, 2.24) is 5.32 Å². The molecule has 0 bridgehead atoms. The quantitative estimate of drug-likeness (QED) is 0.699. The molecule has 1 rings (SSSR count). The summed E-state index contributed by atoms with van der Waals surface area (Å²) in [6.45, 7) is 5.62. The zero-order valence-corrected chi connectivity index (χ0v) is 15.2. The molecule has 1 atom stereocenters. The summed E-state index contributed by atoms with van der Waals surface area (Å²) in [6, 6.07) is 6.80. The van der Waals surface area contributed by atoms with Gasteiger partial charge in [0, 0.05) is 5.69 Å². The van der Waals surface area contributed by atoms with E-state index in [1.54, 1.807) is 0 Å². The summed E-state index contributed by atoms with van der Waals surface area (Å²) in [6.07, 6.45) is 0. The minimum atomic E-state index is -0.676. The first-order valence-electron chi connectivity index (χ1n) is 7.65. The van der Waals surface area contributed by atoms with Crippen molar-refractivity contribution >= 4 is 35.2 Å². The van der Waals surface area contributed by atoms with Crippen molar-refractivity contribution < 1.29 is 19.1 Å².